The summed E-state index contributed by atoms with van der Waals surface area (Å²) in [5.74, 6) is -0.282. The minimum atomic E-state index is -0.282. The van der Waals surface area contributed by atoms with Crippen molar-refractivity contribution in [2.24, 2.45) is 0 Å². The third-order valence-corrected chi connectivity index (χ3v) is 3.30. The molecule has 1 aromatic heterocycles. The predicted molar refractivity (Wildman–Crippen MR) is 82.9 cm³/mol. The zero-order valence-corrected chi connectivity index (χ0v) is 12.6. The molecule has 1 N–H and O–H groups in total. The molecule has 1 heterocycles. The summed E-state index contributed by atoms with van der Waals surface area (Å²) >= 11 is 1.32. The zero-order chi connectivity index (χ0) is 15.0. The number of nitrogens with one attached hydrogen (secondary N) is 1. The van der Waals surface area contributed by atoms with Crippen molar-refractivity contribution in [3.05, 3.63) is 40.9 Å². The number of nitriles is 1. The van der Waals surface area contributed by atoms with Gasteiger partial charge in [-0.3, -0.25) is 4.79 Å². The number of para-hydroxylation sites is 1. The Hall–Kier alpha value is -2.03. The van der Waals surface area contributed by atoms with Gasteiger partial charge < -0.3 is 5.32 Å². The minimum Gasteiger partial charge on any atom is -0.323 e. The number of carbonyl (C=O) groups is 1. The Balaban J connectivity index is 0.000000612. The lowest BCUT2D eigenvalue weighted by Gasteiger charge is -1.91. The highest BCUT2D eigenvalue weighted by Crippen LogP contribution is 2.23. The van der Waals surface area contributed by atoms with Crippen molar-refractivity contribution in [3.8, 4) is 6.07 Å². The Kier molecular flexibility index (Phi) is 6.57. The van der Waals surface area contributed by atoms with Crippen molar-refractivity contribution in [2.75, 3.05) is 14.1 Å². The Morgan fingerprint density at radius 1 is 1.45 bits per heavy atom. The first-order chi connectivity index (χ1) is 9.67. The number of ketones is 1. The van der Waals surface area contributed by atoms with Gasteiger partial charge in [0.25, 0.3) is 0 Å². The topological polar surface area (TPSA) is 65.8 Å². The second-order valence-electron chi connectivity index (χ2n) is 3.95. The molecule has 0 saturated carbocycles. The fourth-order valence-electron chi connectivity index (χ4n) is 1.48. The van der Waals surface area contributed by atoms with Crippen molar-refractivity contribution >= 4 is 27.3 Å². The number of Topliss-reactive ketones (excluding diaryl/α,β-unsaturated/α-hetero) is 1. The lowest BCUT2D eigenvalue weighted by molar-refractivity contribution is 0.103. The van der Waals surface area contributed by atoms with Crippen molar-refractivity contribution < 1.29 is 4.79 Å². The van der Waals surface area contributed by atoms with Crippen molar-refractivity contribution in [2.45, 2.75) is 13.3 Å². The SMILES string of the molecule is CC/C=C(\C#N)C(=O)c1nc2ccccc2s1.CNC. The normalized spacial score (nSPS) is 10.6. The van der Waals surface area contributed by atoms with Gasteiger partial charge in [0, 0.05) is 0 Å². The molecule has 4 nitrogen and oxygen atoms in total. The van der Waals surface area contributed by atoms with Crippen LogP contribution in [0.5, 0.6) is 0 Å². The van der Waals surface area contributed by atoms with Crippen LogP contribution >= 0.6 is 11.3 Å². The lowest BCUT2D eigenvalue weighted by Crippen LogP contribution is -2.00. The lowest BCUT2D eigenvalue weighted by atomic mass is 10.1. The number of thiazole rings is 1. The van der Waals surface area contributed by atoms with E-state index >= 15 is 0 Å². The van der Waals surface area contributed by atoms with Crippen LogP contribution in [0, 0.1) is 11.3 Å². The molecule has 2 aromatic rings. The number of rotatable bonds is 3. The molecule has 5 heteroatoms. The Labute approximate surface area is 122 Å². The van der Waals surface area contributed by atoms with Crippen LogP contribution in [-0.2, 0) is 0 Å². The van der Waals surface area contributed by atoms with Gasteiger partial charge >= 0.3 is 0 Å². The smallest absolute Gasteiger partial charge is 0.231 e. The van der Waals surface area contributed by atoms with E-state index in [1.54, 1.807) is 6.08 Å². The number of nitrogens with zero attached hydrogens (tertiary/aromatic N) is 2. The second-order valence-corrected chi connectivity index (χ2v) is 4.98. The molecular weight excluding hydrogens is 270 g/mol. The Morgan fingerprint density at radius 2 is 2.10 bits per heavy atom. The molecule has 0 saturated heterocycles. The van der Waals surface area contributed by atoms with Crippen LogP contribution in [0.1, 0.15) is 23.1 Å². The van der Waals surface area contributed by atoms with E-state index in [1.165, 1.54) is 11.3 Å². The number of hydrogen-bond donors (Lipinski definition) is 1. The number of hydrogen-bond acceptors (Lipinski definition) is 5. The first-order valence-corrected chi connectivity index (χ1v) is 7.08. The van der Waals surface area contributed by atoms with Crippen LogP contribution in [0.15, 0.2) is 35.9 Å². The average Bonchev–Trinajstić information content (AvgIpc) is 2.88. The van der Waals surface area contributed by atoms with Crippen LogP contribution in [0.25, 0.3) is 10.2 Å². The van der Waals surface area contributed by atoms with Crippen LogP contribution < -0.4 is 5.32 Å². The molecule has 0 unspecified atom stereocenters. The Bertz CT molecular complexity index is 619. The van der Waals surface area contributed by atoms with Gasteiger partial charge in [-0.15, -0.1) is 11.3 Å². The molecule has 0 bridgehead atoms. The summed E-state index contributed by atoms with van der Waals surface area (Å²) < 4.78 is 0.963. The van der Waals surface area contributed by atoms with Gasteiger partial charge in [-0.05, 0) is 32.6 Å². The quantitative estimate of drug-likeness (QED) is 0.535. The molecular formula is C15H17N3OS. The van der Waals surface area contributed by atoms with E-state index in [4.69, 9.17) is 5.26 Å². The van der Waals surface area contributed by atoms with Gasteiger partial charge in [0.15, 0.2) is 5.01 Å². The summed E-state index contributed by atoms with van der Waals surface area (Å²) in [6, 6.07) is 9.48. The van der Waals surface area contributed by atoms with Crippen LogP contribution in [-0.4, -0.2) is 24.9 Å². The van der Waals surface area contributed by atoms with Gasteiger partial charge in [-0.25, -0.2) is 4.98 Å². The maximum atomic E-state index is 12.0. The van der Waals surface area contributed by atoms with E-state index in [0.29, 0.717) is 11.4 Å². The standard InChI is InChI=1S/C13H10N2OS.C2H7N/c1-2-5-9(8-14)12(16)13-15-10-6-3-4-7-11(10)17-13;1-3-2/h3-7H,2H2,1H3;3H,1-2H3/b9-5+;. The largest absolute Gasteiger partial charge is 0.323 e. The Morgan fingerprint density at radius 3 is 2.65 bits per heavy atom. The monoisotopic (exact) mass is 287 g/mol. The van der Waals surface area contributed by atoms with Gasteiger partial charge in [0.2, 0.25) is 5.78 Å². The third kappa shape index (κ3) is 3.98. The summed E-state index contributed by atoms with van der Waals surface area (Å²) in [5.41, 5.74) is 0.973. The van der Waals surface area contributed by atoms with E-state index in [0.717, 1.165) is 10.2 Å². The van der Waals surface area contributed by atoms with Crippen molar-refractivity contribution in [1.29, 1.82) is 5.26 Å². The second kappa shape index (κ2) is 8.20. The predicted octanol–water partition coefficient (Wildman–Crippen LogP) is 3.17. The average molecular weight is 287 g/mol. The molecule has 0 radical (unpaired) electrons. The molecule has 0 aliphatic rings. The molecule has 0 aliphatic carbocycles. The third-order valence-electron chi connectivity index (χ3n) is 2.26. The maximum absolute atomic E-state index is 12.0. The van der Waals surface area contributed by atoms with E-state index < -0.39 is 0 Å². The molecule has 1 aromatic carbocycles. The summed E-state index contributed by atoms with van der Waals surface area (Å²) in [5, 5.41) is 12.0. The van der Waals surface area contributed by atoms with E-state index in [2.05, 4.69) is 10.3 Å². The summed E-state index contributed by atoms with van der Waals surface area (Å²) in [7, 11) is 3.75. The maximum Gasteiger partial charge on any atom is 0.231 e. The van der Waals surface area contributed by atoms with Gasteiger partial charge in [-0.1, -0.05) is 25.1 Å². The molecule has 2 rings (SSSR count). The summed E-state index contributed by atoms with van der Waals surface area (Å²) in [6.07, 6.45) is 2.30. The van der Waals surface area contributed by atoms with E-state index in [-0.39, 0.29) is 11.4 Å². The van der Waals surface area contributed by atoms with Crippen LogP contribution in [0.4, 0.5) is 0 Å². The van der Waals surface area contributed by atoms with Crippen molar-refractivity contribution in [3.63, 3.8) is 0 Å². The molecule has 0 aliphatic heterocycles. The summed E-state index contributed by atoms with van der Waals surface area (Å²) in [4.78, 5) is 16.2. The van der Waals surface area contributed by atoms with Crippen LogP contribution in [0.2, 0.25) is 0 Å². The van der Waals surface area contributed by atoms with E-state index in [9.17, 15) is 4.79 Å². The highest BCUT2D eigenvalue weighted by molar-refractivity contribution is 7.20. The first kappa shape index (κ1) is 16.0. The highest BCUT2D eigenvalue weighted by Gasteiger charge is 2.16. The number of fused-ring (bicyclic) bond motifs is 1. The number of benzene rings is 1. The van der Waals surface area contributed by atoms with Gasteiger partial charge in [0.1, 0.15) is 6.07 Å². The minimum absolute atomic E-state index is 0.173. The number of carbonyl (C=O) groups excluding carboxylic acids is 1. The van der Waals surface area contributed by atoms with E-state index in [1.807, 2.05) is 51.4 Å². The van der Waals surface area contributed by atoms with Gasteiger partial charge in [-0.2, -0.15) is 5.26 Å². The molecule has 0 atom stereocenters. The first-order valence-electron chi connectivity index (χ1n) is 6.26. The number of allylic oxidation sites excluding steroid dienone is 2. The van der Waals surface area contributed by atoms with Crippen molar-refractivity contribution in [1.82, 2.24) is 10.3 Å². The molecule has 20 heavy (non-hydrogen) atoms. The molecule has 0 fully saturated rings. The van der Waals surface area contributed by atoms with Gasteiger partial charge in [0.05, 0.1) is 15.8 Å². The zero-order valence-electron chi connectivity index (χ0n) is 11.8. The number of aromatic nitrogens is 1. The fraction of sp³-hybridized carbons (Fsp3) is 0.267. The van der Waals surface area contributed by atoms with Crippen LogP contribution in [0.3, 0.4) is 0 Å². The summed E-state index contributed by atoms with van der Waals surface area (Å²) in [6.45, 7) is 1.89. The molecule has 104 valence electrons. The highest BCUT2D eigenvalue weighted by atomic mass is 32.1. The molecule has 0 amide bonds. The molecule has 0 spiro atoms. The fourth-order valence-corrected chi connectivity index (χ4v) is 2.40.